The summed E-state index contributed by atoms with van der Waals surface area (Å²) in [7, 11) is 1.35. The highest BCUT2D eigenvalue weighted by atomic mass is 16.5. The second-order valence-electron chi connectivity index (χ2n) is 9.97. The van der Waals surface area contributed by atoms with Gasteiger partial charge in [0.1, 0.15) is 5.75 Å². The molecule has 4 saturated carbocycles. The molecule has 2 aromatic carbocycles. The first-order valence-corrected chi connectivity index (χ1v) is 11.7. The molecule has 32 heavy (non-hydrogen) atoms. The SMILES string of the molecule is COC(=O)c1ccc(CC(=O)/C=C/Oc2ccc(C34CC5CC(CC(C5)C3)C4)cc2)cc1. The van der Waals surface area contributed by atoms with Gasteiger partial charge >= 0.3 is 5.97 Å². The quantitative estimate of drug-likeness (QED) is 0.324. The summed E-state index contributed by atoms with van der Waals surface area (Å²) < 4.78 is 10.4. The summed E-state index contributed by atoms with van der Waals surface area (Å²) in [5.74, 6) is 3.12. The molecule has 4 heteroatoms. The summed E-state index contributed by atoms with van der Waals surface area (Å²) in [6.07, 6.45) is 11.6. The summed E-state index contributed by atoms with van der Waals surface area (Å²) in [6, 6.07) is 15.4. The van der Waals surface area contributed by atoms with Crippen molar-refractivity contribution in [3.05, 3.63) is 77.6 Å². The van der Waals surface area contributed by atoms with E-state index in [2.05, 4.69) is 16.9 Å². The van der Waals surface area contributed by atoms with E-state index in [1.165, 1.54) is 63.5 Å². The molecule has 0 saturated heterocycles. The monoisotopic (exact) mass is 430 g/mol. The van der Waals surface area contributed by atoms with Crippen molar-refractivity contribution in [3.8, 4) is 5.75 Å². The standard InChI is InChI=1S/C28H30O4/c1-31-27(30)23-4-2-19(3-5-23)15-25(29)10-11-32-26-8-6-24(7-9-26)28-16-20-12-21(17-28)14-22(13-20)18-28/h2-11,20-22H,12-18H2,1H3/b11-10+. The number of allylic oxidation sites excluding steroid dienone is 1. The Morgan fingerprint density at radius 3 is 2.06 bits per heavy atom. The molecule has 0 spiro atoms. The minimum absolute atomic E-state index is 0.0546. The van der Waals surface area contributed by atoms with Gasteiger partial charge in [-0.15, -0.1) is 0 Å². The normalized spacial score (nSPS) is 28.1. The highest BCUT2D eigenvalue weighted by Crippen LogP contribution is 2.60. The van der Waals surface area contributed by atoms with Gasteiger partial charge in [-0.1, -0.05) is 24.3 Å². The fraction of sp³-hybridized carbons (Fsp3) is 0.429. The number of ether oxygens (including phenoxy) is 2. The number of esters is 1. The Morgan fingerprint density at radius 2 is 1.50 bits per heavy atom. The predicted octanol–water partition coefficient (Wildman–Crippen LogP) is 5.65. The molecule has 4 fully saturated rings. The van der Waals surface area contributed by atoms with Gasteiger partial charge in [-0.2, -0.15) is 0 Å². The highest BCUT2D eigenvalue weighted by Gasteiger charge is 2.51. The fourth-order valence-corrected chi connectivity index (χ4v) is 6.68. The molecule has 0 aromatic heterocycles. The molecule has 4 bridgehead atoms. The zero-order valence-electron chi connectivity index (χ0n) is 18.6. The van der Waals surface area contributed by atoms with Gasteiger partial charge in [0.25, 0.3) is 0 Å². The molecule has 0 amide bonds. The van der Waals surface area contributed by atoms with Crippen LogP contribution in [0.5, 0.6) is 5.75 Å². The van der Waals surface area contributed by atoms with Crippen molar-refractivity contribution < 1.29 is 19.1 Å². The maximum absolute atomic E-state index is 12.2. The van der Waals surface area contributed by atoms with Crippen LogP contribution < -0.4 is 4.74 Å². The molecule has 0 aliphatic heterocycles. The van der Waals surface area contributed by atoms with Gasteiger partial charge in [0, 0.05) is 12.5 Å². The van der Waals surface area contributed by atoms with Gasteiger partial charge in [-0.3, -0.25) is 4.79 Å². The van der Waals surface area contributed by atoms with Crippen LogP contribution in [-0.4, -0.2) is 18.9 Å². The molecule has 6 rings (SSSR count). The molecule has 0 radical (unpaired) electrons. The van der Waals surface area contributed by atoms with E-state index in [1.54, 1.807) is 24.3 Å². The van der Waals surface area contributed by atoms with E-state index in [0.717, 1.165) is 29.1 Å². The summed E-state index contributed by atoms with van der Waals surface area (Å²) >= 11 is 0. The molecule has 166 valence electrons. The van der Waals surface area contributed by atoms with Crippen LogP contribution >= 0.6 is 0 Å². The Labute approximate surface area is 189 Å². The molecule has 4 aliphatic rings. The van der Waals surface area contributed by atoms with Crippen LogP contribution in [-0.2, 0) is 21.4 Å². The largest absolute Gasteiger partial charge is 0.465 e. The summed E-state index contributed by atoms with van der Waals surface area (Å²) in [5.41, 5.74) is 3.17. The average Bonchev–Trinajstić information content (AvgIpc) is 2.78. The number of rotatable bonds is 7. The van der Waals surface area contributed by atoms with Crippen molar-refractivity contribution in [2.24, 2.45) is 17.8 Å². The van der Waals surface area contributed by atoms with Crippen LogP contribution in [0.3, 0.4) is 0 Å². The Morgan fingerprint density at radius 1 is 0.906 bits per heavy atom. The van der Waals surface area contributed by atoms with Crippen molar-refractivity contribution in [2.75, 3.05) is 7.11 Å². The van der Waals surface area contributed by atoms with Crippen molar-refractivity contribution in [2.45, 2.75) is 50.4 Å². The van der Waals surface area contributed by atoms with Crippen LogP contribution in [0.15, 0.2) is 60.9 Å². The van der Waals surface area contributed by atoms with Gasteiger partial charge in [0.2, 0.25) is 0 Å². The highest BCUT2D eigenvalue weighted by molar-refractivity contribution is 5.92. The van der Waals surface area contributed by atoms with Crippen molar-refractivity contribution in [1.29, 1.82) is 0 Å². The van der Waals surface area contributed by atoms with E-state index in [9.17, 15) is 9.59 Å². The minimum atomic E-state index is -0.384. The number of benzene rings is 2. The van der Waals surface area contributed by atoms with E-state index < -0.39 is 0 Å². The first kappa shape index (κ1) is 21.0. The number of carbonyl (C=O) groups is 2. The Balaban J connectivity index is 1.16. The Kier molecular flexibility index (Phi) is 5.62. The van der Waals surface area contributed by atoms with Gasteiger partial charge < -0.3 is 9.47 Å². The van der Waals surface area contributed by atoms with E-state index in [-0.39, 0.29) is 18.2 Å². The number of carbonyl (C=O) groups excluding carboxylic acids is 2. The molecule has 0 atom stereocenters. The predicted molar refractivity (Wildman–Crippen MR) is 123 cm³/mol. The number of hydrogen-bond donors (Lipinski definition) is 0. The van der Waals surface area contributed by atoms with Gasteiger partial charge in [0.05, 0.1) is 18.9 Å². The lowest BCUT2D eigenvalue weighted by Gasteiger charge is -2.57. The molecule has 0 unspecified atom stereocenters. The van der Waals surface area contributed by atoms with E-state index in [4.69, 9.17) is 4.74 Å². The summed E-state index contributed by atoms with van der Waals surface area (Å²) in [4.78, 5) is 23.7. The topological polar surface area (TPSA) is 52.6 Å². The van der Waals surface area contributed by atoms with Crippen LogP contribution in [0, 0.1) is 17.8 Å². The molecular formula is C28H30O4. The van der Waals surface area contributed by atoms with Crippen molar-refractivity contribution >= 4 is 11.8 Å². The third kappa shape index (κ3) is 4.23. The molecule has 2 aromatic rings. The zero-order valence-corrected chi connectivity index (χ0v) is 18.6. The van der Waals surface area contributed by atoms with Crippen LogP contribution in [0.25, 0.3) is 0 Å². The van der Waals surface area contributed by atoms with Gasteiger partial charge in [-0.05, 0) is 97.1 Å². The van der Waals surface area contributed by atoms with E-state index in [0.29, 0.717) is 11.0 Å². The lowest BCUT2D eigenvalue weighted by Crippen LogP contribution is -2.48. The maximum Gasteiger partial charge on any atom is 0.337 e. The second kappa shape index (κ2) is 8.57. The Bertz CT molecular complexity index is 981. The van der Waals surface area contributed by atoms with Crippen LogP contribution in [0.1, 0.15) is 60.0 Å². The maximum atomic E-state index is 12.2. The molecular weight excluding hydrogens is 400 g/mol. The third-order valence-electron chi connectivity index (χ3n) is 7.72. The smallest absolute Gasteiger partial charge is 0.337 e. The first-order valence-electron chi connectivity index (χ1n) is 11.7. The lowest BCUT2D eigenvalue weighted by molar-refractivity contribution is -0.114. The lowest BCUT2D eigenvalue weighted by atomic mass is 9.48. The number of ketones is 1. The van der Waals surface area contributed by atoms with Gasteiger partial charge in [-0.25, -0.2) is 4.79 Å². The Hall–Kier alpha value is -2.88. The van der Waals surface area contributed by atoms with E-state index in [1.807, 2.05) is 12.1 Å². The summed E-state index contributed by atoms with van der Waals surface area (Å²) in [5, 5.41) is 0. The second-order valence-corrected chi connectivity index (χ2v) is 9.97. The molecule has 4 nitrogen and oxygen atoms in total. The molecule has 4 aliphatic carbocycles. The molecule has 0 heterocycles. The number of methoxy groups -OCH3 is 1. The van der Waals surface area contributed by atoms with Gasteiger partial charge in [0.15, 0.2) is 5.78 Å². The summed E-state index contributed by atoms with van der Waals surface area (Å²) in [6.45, 7) is 0. The minimum Gasteiger partial charge on any atom is -0.465 e. The van der Waals surface area contributed by atoms with Crippen LogP contribution in [0.4, 0.5) is 0 Å². The third-order valence-corrected chi connectivity index (χ3v) is 7.72. The fourth-order valence-electron chi connectivity index (χ4n) is 6.68. The number of hydrogen-bond acceptors (Lipinski definition) is 4. The van der Waals surface area contributed by atoms with Crippen molar-refractivity contribution in [1.82, 2.24) is 0 Å². The van der Waals surface area contributed by atoms with E-state index >= 15 is 0 Å². The first-order chi connectivity index (χ1) is 15.5. The average molecular weight is 431 g/mol. The van der Waals surface area contributed by atoms with Crippen molar-refractivity contribution in [3.63, 3.8) is 0 Å². The molecule has 0 N–H and O–H groups in total. The zero-order chi connectivity index (χ0) is 22.1. The van der Waals surface area contributed by atoms with Crippen LogP contribution in [0.2, 0.25) is 0 Å².